The molecule has 0 radical (unpaired) electrons. The number of ether oxygens (including phenoxy) is 1. The van der Waals surface area contributed by atoms with Gasteiger partial charge in [0.15, 0.2) is 0 Å². The first kappa shape index (κ1) is 22.6. The number of hydrogen-bond donors (Lipinski definition) is 1. The molecule has 3 aromatic carbocycles. The number of carbonyl (C=O) groups excluding carboxylic acids is 3. The van der Waals surface area contributed by atoms with Crippen LogP contribution in [-0.4, -0.2) is 54.0 Å². The lowest BCUT2D eigenvalue weighted by molar-refractivity contribution is -0.134. The molecule has 7 heteroatoms. The summed E-state index contributed by atoms with van der Waals surface area (Å²) >= 11 is 0. The zero-order valence-electron chi connectivity index (χ0n) is 20.6. The SMILES string of the molecule is O=C1CCC(N2C(=O)c3cccc4c(Cc5ccc(CN6CC7CCC(C6)O7)cc5)ccc2c34)C(=O)N1. The van der Waals surface area contributed by atoms with Crippen molar-refractivity contribution in [1.29, 1.82) is 0 Å². The highest BCUT2D eigenvalue weighted by atomic mass is 16.5. The van der Waals surface area contributed by atoms with Crippen molar-refractivity contribution in [2.45, 2.75) is 56.9 Å². The van der Waals surface area contributed by atoms with Gasteiger partial charge in [-0.2, -0.15) is 0 Å². The van der Waals surface area contributed by atoms with Gasteiger partial charge in [-0.15, -0.1) is 0 Å². The van der Waals surface area contributed by atoms with Gasteiger partial charge in [0.25, 0.3) is 5.91 Å². The van der Waals surface area contributed by atoms with E-state index in [0.29, 0.717) is 24.2 Å². The fourth-order valence-electron chi connectivity index (χ4n) is 6.53. The molecule has 3 unspecified atom stereocenters. The molecule has 4 aliphatic heterocycles. The van der Waals surface area contributed by atoms with Gasteiger partial charge in [-0.1, -0.05) is 42.5 Å². The molecule has 0 spiro atoms. The molecule has 4 aliphatic rings. The van der Waals surface area contributed by atoms with Crippen LogP contribution in [0.4, 0.5) is 5.69 Å². The molecular weight excluding hydrogens is 466 g/mol. The highest BCUT2D eigenvalue weighted by Crippen LogP contribution is 2.41. The van der Waals surface area contributed by atoms with Gasteiger partial charge in [0, 0.05) is 37.0 Å². The first-order chi connectivity index (χ1) is 18.0. The number of rotatable bonds is 5. The van der Waals surface area contributed by atoms with Crippen molar-refractivity contribution in [1.82, 2.24) is 10.2 Å². The minimum absolute atomic E-state index is 0.173. The summed E-state index contributed by atoms with van der Waals surface area (Å²) in [5.74, 6) is -0.860. The van der Waals surface area contributed by atoms with Crippen LogP contribution in [0, 0.1) is 0 Å². The van der Waals surface area contributed by atoms with Gasteiger partial charge in [-0.3, -0.25) is 29.5 Å². The van der Waals surface area contributed by atoms with Crippen LogP contribution in [-0.2, 0) is 27.3 Å². The second kappa shape index (κ2) is 8.78. The summed E-state index contributed by atoms with van der Waals surface area (Å²) in [5, 5.41) is 4.32. The third-order valence-corrected chi connectivity index (χ3v) is 8.28. The Labute approximate surface area is 215 Å². The Morgan fingerprint density at radius 2 is 1.62 bits per heavy atom. The van der Waals surface area contributed by atoms with E-state index in [1.54, 1.807) is 4.90 Å². The lowest BCUT2D eigenvalue weighted by Crippen LogP contribution is -2.53. The molecule has 3 aromatic rings. The summed E-state index contributed by atoms with van der Waals surface area (Å²) in [7, 11) is 0. The maximum absolute atomic E-state index is 13.4. The van der Waals surface area contributed by atoms with E-state index in [1.807, 2.05) is 18.2 Å². The monoisotopic (exact) mass is 495 g/mol. The van der Waals surface area contributed by atoms with Crippen LogP contribution in [0.2, 0.25) is 0 Å². The number of likely N-dealkylation sites (tertiary alicyclic amines) is 1. The standard InChI is InChI=1S/C30H29N3O4/c34-27-13-12-26(29(35)31-27)33-25-11-8-20(23-2-1-3-24(28(23)25)30(33)36)14-18-4-6-19(7-5-18)15-32-16-21-9-10-22(17-32)37-21/h1-8,11,21-22,26H,9-10,12-17H2,(H,31,34,35). The smallest absolute Gasteiger partial charge is 0.259 e. The summed E-state index contributed by atoms with van der Waals surface area (Å²) in [4.78, 5) is 41.7. The molecule has 0 aromatic heterocycles. The van der Waals surface area contributed by atoms with Crippen molar-refractivity contribution in [3.8, 4) is 0 Å². The van der Waals surface area contributed by atoms with Gasteiger partial charge in [0.2, 0.25) is 11.8 Å². The average Bonchev–Trinajstić information content (AvgIpc) is 3.38. The number of morpholine rings is 1. The number of benzene rings is 3. The van der Waals surface area contributed by atoms with Gasteiger partial charge in [0.05, 0.1) is 17.9 Å². The Balaban J connectivity index is 1.13. The van der Waals surface area contributed by atoms with Gasteiger partial charge in [0.1, 0.15) is 6.04 Å². The van der Waals surface area contributed by atoms with Gasteiger partial charge in [-0.25, -0.2) is 0 Å². The minimum Gasteiger partial charge on any atom is -0.372 e. The zero-order chi connectivity index (χ0) is 25.1. The number of fused-ring (bicyclic) bond motifs is 2. The highest BCUT2D eigenvalue weighted by Gasteiger charge is 2.41. The molecule has 7 nitrogen and oxygen atoms in total. The highest BCUT2D eigenvalue weighted by molar-refractivity contribution is 6.27. The molecule has 3 atom stereocenters. The van der Waals surface area contributed by atoms with E-state index in [-0.39, 0.29) is 18.2 Å². The molecule has 7 rings (SSSR count). The Morgan fingerprint density at radius 1 is 0.865 bits per heavy atom. The van der Waals surface area contributed by atoms with Crippen LogP contribution < -0.4 is 10.2 Å². The molecule has 3 fully saturated rings. The van der Waals surface area contributed by atoms with E-state index in [1.165, 1.54) is 24.0 Å². The summed E-state index contributed by atoms with van der Waals surface area (Å²) < 4.78 is 5.97. The Morgan fingerprint density at radius 3 is 2.38 bits per heavy atom. The van der Waals surface area contributed by atoms with Crippen LogP contribution in [0.25, 0.3) is 10.8 Å². The van der Waals surface area contributed by atoms with Crippen LogP contribution in [0.1, 0.15) is 52.7 Å². The normalized spacial score (nSPS) is 25.2. The van der Waals surface area contributed by atoms with Crippen molar-refractivity contribution in [2.24, 2.45) is 0 Å². The van der Waals surface area contributed by atoms with Crippen molar-refractivity contribution in [3.05, 3.63) is 76.9 Å². The van der Waals surface area contributed by atoms with E-state index in [2.05, 4.69) is 46.6 Å². The minimum atomic E-state index is -0.666. The third kappa shape index (κ3) is 3.93. The van der Waals surface area contributed by atoms with E-state index in [0.717, 1.165) is 48.1 Å². The molecule has 0 saturated carbocycles. The topological polar surface area (TPSA) is 79.0 Å². The summed E-state index contributed by atoms with van der Waals surface area (Å²) in [6.45, 7) is 3.00. The van der Waals surface area contributed by atoms with E-state index in [4.69, 9.17) is 4.74 Å². The molecule has 188 valence electrons. The third-order valence-electron chi connectivity index (χ3n) is 8.28. The van der Waals surface area contributed by atoms with Crippen molar-refractivity contribution >= 4 is 34.2 Å². The second-order valence-corrected chi connectivity index (χ2v) is 10.8. The fraction of sp³-hybridized carbons (Fsp3) is 0.367. The summed E-state index contributed by atoms with van der Waals surface area (Å²) in [6, 6.07) is 18.0. The van der Waals surface area contributed by atoms with Crippen molar-refractivity contribution in [2.75, 3.05) is 18.0 Å². The molecule has 1 N–H and O–H groups in total. The van der Waals surface area contributed by atoms with Crippen LogP contribution in [0.3, 0.4) is 0 Å². The lowest BCUT2D eigenvalue weighted by Gasteiger charge is -2.32. The van der Waals surface area contributed by atoms with Gasteiger partial charge in [-0.05, 0) is 59.9 Å². The maximum Gasteiger partial charge on any atom is 0.259 e. The maximum atomic E-state index is 13.4. The van der Waals surface area contributed by atoms with Gasteiger partial charge < -0.3 is 4.74 Å². The molecule has 37 heavy (non-hydrogen) atoms. The summed E-state index contributed by atoms with van der Waals surface area (Å²) in [5.41, 5.74) is 5.06. The molecule has 4 heterocycles. The molecule has 2 bridgehead atoms. The van der Waals surface area contributed by atoms with Gasteiger partial charge >= 0.3 is 0 Å². The number of hydrogen-bond acceptors (Lipinski definition) is 5. The number of carbonyl (C=O) groups is 3. The first-order valence-corrected chi connectivity index (χ1v) is 13.2. The number of nitrogens with zero attached hydrogens (tertiary/aromatic N) is 2. The van der Waals surface area contributed by atoms with E-state index in [9.17, 15) is 14.4 Å². The number of imide groups is 1. The molecule has 3 amide bonds. The predicted octanol–water partition coefficient (Wildman–Crippen LogP) is 3.56. The van der Waals surface area contributed by atoms with Crippen molar-refractivity contribution in [3.63, 3.8) is 0 Å². The van der Waals surface area contributed by atoms with Crippen LogP contribution in [0.15, 0.2) is 54.6 Å². The Bertz CT molecular complexity index is 1420. The fourth-order valence-corrected chi connectivity index (χ4v) is 6.53. The van der Waals surface area contributed by atoms with Crippen molar-refractivity contribution < 1.29 is 19.1 Å². The number of piperidine rings is 1. The molecular formula is C30H29N3O4. The average molecular weight is 496 g/mol. The van der Waals surface area contributed by atoms with Crippen LogP contribution >= 0.6 is 0 Å². The first-order valence-electron chi connectivity index (χ1n) is 13.2. The molecule has 0 aliphatic carbocycles. The van der Waals surface area contributed by atoms with E-state index < -0.39 is 11.9 Å². The Kier molecular flexibility index (Phi) is 5.37. The second-order valence-electron chi connectivity index (χ2n) is 10.8. The largest absolute Gasteiger partial charge is 0.372 e. The summed E-state index contributed by atoms with van der Waals surface area (Å²) in [6.07, 6.45) is 4.51. The van der Waals surface area contributed by atoms with Crippen LogP contribution in [0.5, 0.6) is 0 Å². The Hall–Kier alpha value is -3.55. The molecule has 3 saturated heterocycles. The zero-order valence-corrected chi connectivity index (χ0v) is 20.6. The number of nitrogens with one attached hydrogen (secondary N) is 1. The van der Waals surface area contributed by atoms with E-state index >= 15 is 0 Å². The predicted molar refractivity (Wildman–Crippen MR) is 139 cm³/mol. The lowest BCUT2D eigenvalue weighted by atomic mass is 9.95. The number of anilines is 1. The quantitative estimate of drug-likeness (QED) is 0.548. The number of amides is 3.